The van der Waals surface area contributed by atoms with E-state index in [4.69, 9.17) is 14.2 Å². The first kappa shape index (κ1) is 19.1. The minimum atomic E-state index is 0.411. The number of benzene rings is 3. The SMILES string of the molecule is CC(C)COc1cccc2ccc(Oc3ccccc3)c(OCC(C)C)c12. The number of ether oxygens (including phenoxy) is 3. The second-order valence-corrected chi connectivity index (χ2v) is 7.57. The van der Waals surface area contributed by atoms with E-state index in [1.54, 1.807) is 0 Å². The molecule has 0 bridgehead atoms. The van der Waals surface area contributed by atoms with Gasteiger partial charge in [0.05, 0.1) is 18.6 Å². The molecule has 0 saturated carbocycles. The predicted molar refractivity (Wildman–Crippen MR) is 111 cm³/mol. The Morgan fingerprint density at radius 1 is 0.667 bits per heavy atom. The van der Waals surface area contributed by atoms with Crippen LogP contribution in [0, 0.1) is 11.8 Å². The van der Waals surface area contributed by atoms with Gasteiger partial charge in [0.2, 0.25) is 0 Å². The van der Waals surface area contributed by atoms with Gasteiger partial charge in [0.15, 0.2) is 11.5 Å². The topological polar surface area (TPSA) is 27.7 Å². The van der Waals surface area contributed by atoms with Crippen LogP contribution in [-0.2, 0) is 0 Å². The van der Waals surface area contributed by atoms with Gasteiger partial charge in [-0.25, -0.2) is 0 Å². The molecular formula is C24H28O3. The second-order valence-electron chi connectivity index (χ2n) is 7.57. The van der Waals surface area contributed by atoms with Crippen LogP contribution in [0.1, 0.15) is 27.7 Å². The predicted octanol–water partition coefficient (Wildman–Crippen LogP) is 6.70. The minimum Gasteiger partial charge on any atom is -0.493 e. The Bertz CT molecular complexity index is 869. The zero-order valence-electron chi connectivity index (χ0n) is 16.6. The average Bonchev–Trinajstić information content (AvgIpc) is 2.66. The molecule has 0 aliphatic heterocycles. The maximum atomic E-state index is 6.23. The third kappa shape index (κ3) is 4.94. The molecule has 0 spiro atoms. The summed E-state index contributed by atoms with van der Waals surface area (Å²) in [5.41, 5.74) is 0. The van der Waals surface area contributed by atoms with Crippen LogP contribution in [0.15, 0.2) is 60.7 Å². The molecule has 0 fully saturated rings. The summed E-state index contributed by atoms with van der Waals surface area (Å²) in [5.74, 6) is 3.92. The Morgan fingerprint density at radius 3 is 2.07 bits per heavy atom. The lowest BCUT2D eigenvalue weighted by Crippen LogP contribution is -2.08. The normalized spacial score (nSPS) is 11.2. The van der Waals surface area contributed by atoms with Crippen molar-refractivity contribution in [1.29, 1.82) is 0 Å². The van der Waals surface area contributed by atoms with E-state index in [2.05, 4.69) is 39.8 Å². The second kappa shape index (κ2) is 8.81. The molecular weight excluding hydrogens is 336 g/mol. The maximum Gasteiger partial charge on any atom is 0.173 e. The zero-order chi connectivity index (χ0) is 19.2. The van der Waals surface area contributed by atoms with E-state index < -0.39 is 0 Å². The van der Waals surface area contributed by atoms with Crippen LogP contribution in [0.25, 0.3) is 10.8 Å². The van der Waals surface area contributed by atoms with E-state index in [-0.39, 0.29) is 0 Å². The van der Waals surface area contributed by atoms with Gasteiger partial charge in [-0.2, -0.15) is 0 Å². The van der Waals surface area contributed by atoms with Crippen molar-refractivity contribution in [3.05, 3.63) is 60.7 Å². The first-order valence-corrected chi connectivity index (χ1v) is 9.59. The molecule has 0 atom stereocenters. The van der Waals surface area contributed by atoms with Crippen molar-refractivity contribution in [1.82, 2.24) is 0 Å². The summed E-state index contributed by atoms with van der Waals surface area (Å²) in [6.07, 6.45) is 0. The highest BCUT2D eigenvalue weighted by Gasteiger charge is 2.16. The van der Waals surface area contributed by atoms with Crippen LogP contribution in [0.5, 0.6) is 23.0 Å². The highest BCUT2D eigenvalue weighted by Crippen LogP contribution is 2.43. The molecule has 27 heavy (non-hydrogen) atoms. The van der Waals surface area contributed by atoms with Gasteiger partial charge in [0.1, 0.15) is 11.5 Å². The van der Waals surface area contributed by atoms with Crippen molar-refractivity contribution in [2.24, 2.45) is 11.8 Å². The van der Waals surface area contributed by atoms with Crippen LogP contribution in [-0.4, -0.2) is 13.2 Å². The first-order valence-electron chi connectivity index (χ1n) is 9.59. The van der Waals surface area contributed by atoms with Gasteiger partial charge in [0, 0.05) is 0 Å². The number of hydrogen-bond donors (Lipinski definition) is 0. The van der Waals surface area contributed by atoms with E-state index in [0.717, 1.165) is 28.0 Å². The van der Waals surface area contributed by atoms with E-state index in [1.165, 1.54) is 0 Å². The van der Waals surface area contributed by atoms with Gasteiger partial charge >= 0.3 is 0 Å². The number of rotatable bonds is 8. The van der Waals surface area contributed by atoms with Gasteiger partial charge in [0.25, 0.3) is 0 Å². The van der Waals surface area contributed by atoms with Crippen molar-refractivity contribution in [3.8, 4) is 23.0 Å². The van der Waals surface area contributed by atoms with E-state index in [0.29, 0.717) is 30.8 Å². The van der Waals surface area contributed by atoms with Crippen LogP contribution in [0.3, 0.4) is 0 Å². The highest BCUT2D eigenvalue weighted by atomic mass is 16.5. The molecule has 0 N–H and O–H groups in total. The summed E-state index contributed by atoms with van der Waals surface area (Å²) in [7, 11) is 0. The molecule has 3 aromatic rings. The smallest absolute Gasteiger partial charge is 0.173 e. The third-order valence-electron chi connectivity index (χ3n) is 4.03. The molecule has 3 heteroatoms. The summed E-state index contributed by atoms with van der Waals surface area (Å²) in [6, 6.07) is 19.9. The molecule has 3 nitrogen and oxygen atoms in total. The molecule has 0 unspecified atom stereocenters. The molecule has 0 heterocycles. The standard InChI is InChI=1S/C24H28O3/c1-17(2)15-25-21-12-8-9-19-13-14-22(27-20-10-6-5-7-11-20)24(23(19)21)26-16-18(3)4/h5-14,17-18H,15-16H2,1-4H3. The minimum absolute atomic E-state index is 0.411. The summed E-state index contributed by atoms with van der Waals surface area (Å²) >= 11 is 0. The van der Waals surface area contributed by atoms with Gasteiger partial charge in [-0.3, -0.25) is 0 Å². The molecule has 0 saturated heterocycles. The van der Waals surface area contributed by atoms with Crippen molar-refractivity contribution in [3.63, 3.8) is 0 Å². The van der Waals surface area contributed by atoms with Crippen molar-refractivity contribution in [2.45, 2.75) is 27.7 Å². The van der Waals surface area contributed by atoms with E-state index in [1.807, 2.05) is 48.5 Å². The lowest BCUT2D eigenvalue weighted by Gasteiger charge is -2.19. The monoisotopic (exact) mass is 364 g/mol. The Kier molecular flexibility index (Phi) is 6.23. The van der Waals surface area contributed by atoms with Gasteiger partial charge < -0.3 is 14.2 Å². The van der Waals surface area contributed by atoms with Crippen LogP contribution >= 0.6 is 0 Å². The van der Waals surface area contributed by atoms with E-state index in [9.17, 15) is 0 Å². The van der Waals surface area contributed by atoms with Crippen molar-refractivity contribution < 1.29 is 14.2 Å². The van der Waals surface area contributed by atoms with Gasteiger partial charge in [-0.1, -0.05) is 64.1 Å². The van der Waals surface area contributed by atoms with Gasteiger partial charge in [-0.15, -0.1) is 0 Å². The summed E-state index contributed by atoms with van der Waals surface area (Å²) in [5, 5.41) is 2.04. The molecule has 0 amide bonds. The average molecular weight is 364 g/mol. The Hall–Kier alpha value is -2.68. The zero-order valence-corrected chi connectivity index (χ0v) is 16.6. The fraction of sp³-hybridized carbons (Fsp3) is 0.333. The summed E-state index contributed by atoms with van der Waals surface area (Å²) < 4.78 is 18.5. The van der Waals surface area contributed by atoms with Crippen LogP contribution in [0.4, 0.5) is 0 Å². The molecule has 0 aliphatic carbocycles. The molecule has 0 aromatic heterocycles. The Morgan fingerprint density at radius 2 is 1.37 bits per heavy atom. The highest BCUT2D eigenvalue weighted by molar-refractivity contribution is 5.96. The lowest BCUT2D eigenvalue weighted by molar-refractivity contribution is 0.258. The quantitative estimate of drug-likeness (QED) is 0.445. The third-order valence-corrected chi connectivity index (χ3v) is 4.03. The Balaban J connectivity index is 2.07. The molecule has 0 aliphatic rings. The van der Waals surface area contributed by atoms with Crippen LogP contribution in [0.2, 0.25) is 0 Å². The lowest BCUT2D eigenvalue weighted by atomic mass is 10.1. The van der Waals surface area contributed by atoms with Crippen LogP contribution < -0.4 is 14.2 Å². The summed E-state index contributed by atoms with van der Waals surface area (Å²) in [4.78, 5) is 0. The number of para-hydroxylation sites is 1. The van der Waals surface area contributed by atoms with E-state index >= 15 is 0 Å². The molecule has 3 aromatic carbocycles. The summed E-state index contributed by atoms with van der Waals surface area (Å²) in [6.45, 7) is 9.84. The fourth-order valence-electron chi connectivity index (χ4n) is 2.76. The van der Waals surface area contributed by atoms with Crippen molar-refractivity contribution >= 4 is 10.8 Å². The maximum absolute atomic E-state index is 6.23. The molecule has 142 valence electrons. The first-order chi connectivity index (χ1) is 13.0. The molecule has 3 rings (SSSR count). The Labute approximate surface area is 161 Å². The molecule has 0 radical (unpaired) electrons. The number of fused-ring (bicyclic) bond motifs is 1. The number of hydrogen-bond acceptors (Lipinski definition) is 3. The van der Waals surface area contributed by atoms with Crippen molar-refractivity contribution in [2.75, 3.05) is 13.2 Å². The fourth-order valence-corrected chi connectivity index (χ4v) is 2.76. The van der Waals surface area contributed by atoms with Gasteiger partial charge in [-0.05, 0) is 41.5 Å². The largest absolute Gasteiger partial charge is 0.493 e.